The first-order chi connectivity index (χ1) is 12.3. The highest BCUT2D eigenvalue weighted by Gasteiger charge is 2.22. The topological polar surface area (TPSA) is 65.9 Å². The van der Waals surface area contributed by atoms with Gasteiger partial charge in [0, 0.05) is 70.9 Å². The average molecular weight is 367 g/mol. The molecule has 0 unspecified atom stereocenters. The lowest BCUT2D eigenvalue weighted by Crippen LogP contribution is -2.52. The van der Waals surface area contributed by atoms with E-state index in [0.717, 1.165) is 81.6 Å². The van der Waals surface area contributed by atoms with Gasteiger partial charge in [0.25, 0.3) is 0 Å². The minimum atomic E-state index is 0.838. The Balaban J connectivity index is 1.34. The number of aromatic nitrogens is 2. The summed E-state index contributed by atoms with van der Waals surface area (Å²) in [5.74, 6) is 2.79. The third-order valence-corrected chi connectivity index (χ3v) is 5.45. The molecule has 0 aromatic carbocycles. The van der Waals surface area contributed by atoms with Crippen molar-refractivity contribution in [2.45, 2.75) is 32.6 Å². The van der Waals surface area contributed by atoms with Gasteiger partial charge in [0.1, 0.15) is 5.82 Å². The minimum Gasteiger partial charge on any atom is -0.381 e. The van der Waals surface area contributed by atoms with Crippen LogP contribution in [0, 0.1) is 5.92 Å². The summed E-state index contributed by atoms with van der Waals surface area (Å²) in [6, 6.07) is 0. The van der Waals surface area contributed by atoms with Crippen LogP contribution in [-0.4, -0.2) is 73.2 Å². The van der Waals surface area contributed by atoms with Crippen LogP contribution in [0.1, 0.15) is 32.0 Å². The van der Waals surface area contributed by atoms with Crippen molar-refractivity contribution in [3.8, 4) is 0 Å². The standard InChI is InChI=1S/C17H30N6OS/c1-3-15-20-17(25-21-15)23-10-8-22(9-11-23)16(18-2)19-7-4-12-24-13-14-5-6-14/h14H,3-13H2,1-2H3,(H,18,19). The Morgan fingerprint density at radius 3 is 2.76 bits per heavy atom. The molecule has 1 aromatic heterocycles. The Hall–Kier alpha value is -1.41. The number of nitrogens with zero attached hydrogens (tertiary/aromatic N) is 5. The zero-order valence-corrected chi connectivity index (χ0v) is 16.2. The highest BCUT2D eigenvalue weighted by Crippen LogP contribution is 2.28. The number of aliphatic imine (C=N–C) groups is 1. The maximum Gasteiger partial charge on any atom is 0.205 e. The highest BCUT2D eigenvalue weighted by molar-refractivity contribution is 7.09. The van der Waals surface area contributed by atoms with Crippen molar-refractivity contribution in [1.29, 1.82) is 0 Å². The van der Waals surface area contributed by atoms with Gasteiger partial charge in [-0.1, -0.05) is 6.92 Å². The van der Waals surface area contributed by atoms with E-state index < -0.39 is 0 Å². The predicted molar refractivity (Wildman–Crippen MR) is 103 cm³/mol. The molecular formula is C17H30N6OS. The molecule has 1 saturated carbocycles. The third-order valence-electron chi connectivity index (χ3n) is 4.63. The van der Waals surface area contributed by atoms with E-state index in [9.17, 15) is 0 Å². The zero-order valence-electron chi connectivity index (χ0n) is 15.4. The lowest BCUT2D eigenvalue weighted by atomic mass is 10.3. The van der Waals surface area contributed by atoms with Crippen LogP contribution < -0.4 is 10.2 Å². The van der Waals surface area contributed by atoms with Crippen molar-refractivity contribution in [3.63, 3.8) is 0 Å². The molecule has 140 valence electrons. The van der Waals surface area contributed by atoms with Crippen LogP contribution in [0.2, 0.25) is 0 Å². The van der Waals surface area contributed by atoms with Crippen molar-refractivity contribution < 1.29 is 4.74 Å². The molecule has 2 heterocycles. The summed E-state index contributed by atoms with van der Waals surface area (Å²) >= 11 is 1.51. The van der Waals surface area contributed by atoms with Crippen LogP contribution >= 0.6 is 11.5 Å². The first-order valence-electron chi connectivity index (χ1n) is 9.41. The van der Waals surface area contributed by atoms with Crippen LogP contribution in [0.3, 0.4) is 0 Å². The third kappa shape index (κ3) is 5.54. The van der Waals surface area contributed by atoms with E-state index >= 15 is 0 Å². The van der Waals surface area contributed by atoms with E-state index in [1.807, 2.05) is 7.05 Å². The number of guanidine groups is 1. The molecule has 1 saturated heterocycles. The van der Waals surface area contributed by atoms with Gasteiger partial charge in [-0.05, 0) is 25.2 Å². The zero-order chi connectivity index (χ0) is 17.5. The highest BCUT2D eigenvalue weighted by atomic mass is 32.1. The van der Waals surface area contributed by atoms with Gasteiger partial charge >= 0.3 is 0 Å². The second-order valence-electron chi connectivity index (χ2n) is 6.67. The van der Waals surface area contributed by atoms with E-state index in [1.54, 1.807) is 0 Å². The van der Waals surface area contributed by atoms with Gasteiger partial charge in [-0.3, -0.25) is 4.99 Å². The van der Waals surface area contributed by atoms with Gasteiger partial charge in [0.05, 0.1) is 0 Å². The number of ether oxygens (including phenoxy) is 1. The normalized spacial score (nSPS) is 18.7. The van der Waals surface area contributed by atoms with Crippen molar-refractivity contribution in [3.05, 3.63) is 5.82 Å². The first-order valence-corrected chi connectivity index (χ1v) is 10.2. The molecule has 2 aliphatic rings. The summed E-state index contributed by atoms with van der Waals surface area (Å²) in [6.45, 7) is 8.63. The summed E-state index contributed by atoms with van der Waals surface area (Å²) in [5.41, 5.74) is 0. The van der Waals surface area contributed by atoms with Crippen molar-refractivity contribution in [2.75, 3.05) is 57.9 Å². The molecule has 1 N–H and O–H groups in total. The van der Waals surface area contributed by atoms with Gasteiger partial charge < -0.3 is 19.9 Å². The second kappa shape index (κ2) is 9.33. The lowest BCUT2D eigenvalue weighted by molar-refractivity contribution is 0.122. The Morgan fingerprint density at radius 2 is 2.12 bits per heavy atom. The van der Waals surface area contributed by atoms with E-state index in [0.29, 0.717) is 0 Å². The number of hydrogen-bond donors (Lipinski definition) is 1. The first kappa shape index (κ1) is 18.4. The molecule has 25 heavy (non-hydrogen) atoms. The largest absolute Gasteiger partial charge is 0.381 e. The number of rotatable bonds is 8. The molecule has 2 fully saturated rings. The predicted octanol–water partition coefficient (Wildman–Crippen LogP) is 1.61. The number of piperazine rings is 1. The Kier molecular flexibility index (Phi) is 6.86. The molecule has 0 radical (unpaired) electrons. The summed E-state index contributed by atoms with van der Waals surface area (Å²) < 4.78 is 10.1. The summed E-state index contributed by atoms with van der Waals surface area (Å²) in [5, 5.41) is 4.51. The Labute approximate surface area is 154 Å². The summed E-state index contributed by atoms with van der Waals surface area (Å²) in [4.78, 5) is 13.7. The number of anilines is 1. The van der Waals surface area contributed by atoms with E-state index in [4.69, 9.17) is 4.74 Å². The molecule has 8 heteroatoms. The van der Waals surface area contributed by atoms with Crippen molar-refractivity contribution >= 4 is 22.6 Å². The van der Waals surface area contributed by atoms with E-state index in [1.165, 1.54) is 24.4 Å². The van der Waals surface area contributed by atoms with Crippen LogP contribution in [-0.2, 0) is 11.2 Å². The van der Waals surface area contributed by atoms with Gasteiger partial charge in [-0.25, -0.2) is 4.98 Å². The molecule has 3 rings (SSSR count). The monoisotopic (exact) mass is 366 g/mol. The van der Waals surface area contributed by atoms with Crippen LogP contribution in [0.4, 0.5) is 5.13 Å². The average Bonchev–Trinajstić information content (AvgIpc) is 3.35. The molecule has 7 nitrogen and oxygen atoms in total. The molecule has 0 bridgehead atoms. The van der Waals surface area contributed by atoms with Crippen molar-refractivity contribution in [1.82, 2.24) is 19.6 Å². The van der Waals surface area contributed by atoms with E-state index in [-0.39, 0.29) is 0 Å². The molecule has 1 aliphatic carbocycles. The summed E-state index contributed by atoms with van der Waals surface area (Å²) in [6.07, 6.45) is 4.63. The van der Waals surface area contributed by atoms with Gasteiger partial charge in [-0.15, -0.1) is 0 Å². The Morgan fingerprint density at radius 1 is 1.32 bits per heavy atom. The molecular weight excluding hydrogens is 336 g/mol. The quantitative estimate of drug-likeness (QED) is 0.428. The smallest absolute Gasteiger partial charge is 0.205 e. The fourth-order valence-electron chi connectivity index (χ4n) is 2.87. The van der Waals surface area contributed by atoms with Crippen LogP contribution in [0.5, 0.6) is 0 Å². The Bertz CT molecular complexity index is 551. The van der Waals surface area contributed by atoms with Gasteiger partial charge in [0.2, 0.25) is 5.13 Å². The number of hydrogen-bond acceptors (Lipinski definition) is 6. The maximum absolute atomic E-state index is 5.68. The lowest BCUT2D eigenvalue weighted by Gasteiger charge is -2.36. The maximum atomic E-state index is 5.68. The second-order valence-corrected chi connectivity index (χ2v) is 7.40. The SMILES string of the molecule is CCc1nsc(N2CCN(C(=NC)NCCCOCC3CC3)CC2)n1. The number of aryl methyl sites for hydroxylation is 1. The molecule has 1 aliphatic heterocycles. The number of nitrogens with one attached hydrogen (secondary N) is 1. The van der Waals surface area contributed by atoms with Gasteiger partial charge in [0.15, 0.2) is 5.96 Å². The van der Waals surface area contributed by atoms with Gasteiger partial charge in [-0.2, -0.15) is 4.37 Å². The molecule has 1 aromatic rings. The molecule has 0 spiro atoms. The summed E-state index contributed by atoms with van der Waals surface area (Å²) in [7, 11) is 1.86. The van der Waals surface area contributed by atoms with E-state index in [2.05, 4.69) is 36.4 Å². The molecule has 0 amide bonds. The fourth-order valence-corrected chi connectivity index (χ4v) is 3.67. The molecule has 0 atom stereocenters. The minimum absolute atomic E-state index is 0.838. The van der Waals surface area contributed by atoms with Crippen LogP contribution in [0.15, 0.2) is 4.99 Å². The van der Waals surface area contributed by atoms with Crippen molar-refractivity contribution in [2.24, 2.45) is 10.9 Å². The fraction of sp³-hybridized carbons (Fsp3) is 0.824. The van der Waals surface area contributed by atoms with Crippen LogP contribution in [0.25, 0.3) is 0 Å².